The van der Waals surface area contributed by atoms with Crippen LogP contribution < -0.4 is 5.32 Å². The van der Waals surface area contributed by atoms with E-state index in [9.17, 15) is 4.79 Å². The van der Waals surface area contributed by atoms with Crippen molar-refractivity contribution in [3.05, 3.63) is 30.7 Å². The number of aromatic nitrogens is 2. The van der Waals surface area contributed by atoms with Gasteiger partial charge in [0.2, 0.25) is 5.91 Å². The van der Waals surface area contributed by atoms with Crippen LogP contribution >= 0.6 is 0 Å². The van der Waals surface area contributed by atoms with Crippen molar-refractivity contribution in [1.82, 2.24) is 9.38 Å². The molecule has 4 nitrogen and oxygen atoms in total. The second-order valence-corrected chi connectivity index (χ2v) is 4.26. The fourth-order valence-corrected chi connectivity index (χ4v) is 1.58. The van der Waals surface area contributed by atoms with E-state index in [-0.39, 0.29) is 5.91 Å². The van der Waals surface area contributed by atoms with E-state index in [1.54, 1.807) is 6.20 Å². The SMILES string of the molecule is CC(C)CC(=O)Nc1ccc2nccn2c1. The Kier molecular flexibility index (Phi) is 2.90. The molecule has 2 heterocycles. The van der Waals surface area contributed by atoms with Crippen molar-refractivity contribution in [3.63, 3.8) is 0 Å². The molecule has 0 radical (unpaired) electrons. The highest BCUT2D eigenvalue weighted by molar-refractivity contribution is 5.90. The number of pyridine rings is 1. The summed E-state index contributed by atoms with van der Waals surface area (Å²) in [5, 5.41) is 2.87. The second-order valence-electron chi connectivity index (χ2n) is 4.26. The van der Waals surface area contributed by atoms with Gasteiger partial charge in [0.1, 0.15) is 5.65 Å². The summed E-state index contributed by atoms with van der Waals surface area (Å²) in [6.07, 6.45) is 5.99. The van der Waals surface area contributed by atoms with Crippen molar-refractivity contribution >= 4 is 17.2 Å². The number of rotatable bonds is 3. The minimum Gasteiger partial charge on any atom is -0.325 e. The van der Waals surface area contributed by atoms with Crippen molar-refractivity contribution in [2.75, 3.05) is 5.32 Å². The highest BCUT2D eigenvalue weighted by atomic mass is 16.1. The van der Waals surface area contributed by atoms with E-state index in [0.717, 1.165) is 11.3 Å². The molecule has 2 aromatic rings. The molecule has 0 unspecified atom stereocenters. The Balaban J connectivity index is 2.11. The number of imidazole rings is 1. The fraction of sp³-hybridized carbons (Fsp3) is 0.333. The summed E-state index contributed by atoms with van der Waals surface area (Å²) >= 11 is 0. The second kappa shape index (κ2) is 4.35. The minimum atomic E-state index is 0.0504. The van der Waals surface area contributed by atoms with E-state index in [0.29, 0.717) is 12.3 Å². The Morgan fingerprint density at radius 1 is 1.50 bits per heavy atom. The molecule has 0 spiro atoms. The van der Waals surface area contributed by atoms with Crippen molar-refractivity contribution in [2.24, 2.45) is 5.92 Å². The number of nitrogens with zero attached hydrogens (tertiary/aromatic N) is 2. The Labute approximate surface area is 94.3 Å². The third-order valence-electron chi connectivity index (χ3n) is 2.27. The van der Waals surface area contributed by atoms with Gasteiger partial charge in [0, 0.05) is 25.0 Å². The Morgan fingerprint density at radius 3 is 3.06 bits per heavy atom. The van der Waals surface area contributed by atoms with E-state index in [2.05, 4.69) is 10.3 Å². The van der Waals surface area contributed by atoms with Gasteiger partial charge < -0.3 is 9.72 Å². The Bertz CT molecular complexity index is 502. The van der Waals surface area contributed by atoms with E-state index in [4.69, 9.17) is 0 Å². The molecule has 0 bridgehead atoms. The van der Waals surface area contributed by atoms with Gasteiger partial charge in [0.25, 0.3) is 0 Å². The molecule has 1 N–H and O–H groups in total. The van der Waals surface area contributed by atoms with Crippen molar-refractivity contribution in [2.45, 2.75) is 20.3 Å². The van der Waals surface area contributed by atoms with E-state index in [1.807, 2.05) is 42.8 Å². The number of nitrogens with one attached hydrogen (secondary N) is 1. The maximum absolute atomic E-state index is 11.6. The summed E-state index contributed by atoms with van der Waals surface area (Å²) in [6.45, 7) is 4.05. The van der Waals surface area contributed by atoms with Gasteiger partial charge in [0.15, 0.2) is 0 Å². The Morgan fingerprint density at radius 2 is 2.31 bits per heavy atom. The lowest BCUT2D eigenvalue weighted by Crippen LogP contribution is -2.14. The molecule has 1 amide bonds. The lowest BCUT2D eigenvalue weighted by molar-refractivity contribution is -0.116. The van der Waals surface area contributed by atoms with Crippen molar-refractivity contribution < 1.29 is 4.79 Å². The average molecular weight is 217 g/mol. The topological polar surface area (TPSA) is 46.4 Å². The zero-order chi connectivity index (χ0) is 11.5. The summed E-state index contributed by atoms with van der Waals surface area (Å²) in [4.78, 5) is 15.7. The van der Waals surface area contributed by atoms with Crippen molar-refractivity contribution in [3.8, 4) is 0 Å². The van der Waals surface area contributed by atoms with Crippen LogP contribution in [0.1, 0.15) is 20.3 Å². The molecular weight excluding hydrogens is 202 g/mol. The van der Waals surface area contributed by atoms with Crippen LogP contribution in [0.15, 0.2) is 30.7 Å². The predicted octanol–water partition coefficient (Wildman–Crippen LogP) is 2.32. The lowest BCUT2D eigenvalue weighted by atomic mass is 10.1. The van der Waals surface area contributed by atoms with Gasteiger partial charge in [-0.05, 0) is 18.1 Å². The summed E-state index contributed by atoms with van der Waals surface area (Å²) in [5.41, 5.74) is 1.68. The van der Waals surface area contributed by atoms with Crippen LogP contribution in [0.25, 0.3) is 5.65 Å². The molecule has 84 valence electrons. The fourth-order valence-electron chi connectivity index (χ4n) is 1.58. The average Bonchev–Trinajstić information content (AvgIpc) is 2.63. The molecule has 0 aromatic carbocycles. The van der Waals surface area contributed by atoms with Crippen molar-refractivity contribution in [1.29, 1.82) is 0 Å². The Hall–Kier alpha value is -1.84. The van der Waals surface area contributed by atoms with Gasteiger partial charge >= 0.3 is 0 Å². The third-order valence-corrected chi connectivity index (χ3v) is 2.27. The predicted molar refractivity (Wildman–Crippen MR) is 63.3 cm³/mol. The molecule has 2 aromatic heterocycles. The summed E-state index contributed by atoms with van der Waals surface area (Å²) in [6, 6.07) is 3.74. The molecule has 0 aliphatic carbocycles. The van der Waals surface area contributed by atoms with E-state index < -0.39 is 0 Å². The molecule has 0 saturated heterocycles. The molecule has 0 aliphatic rings. The molecule has 0 atom stereocenters. The number of hydrogen-bond donors (Lipinski definition) is 1. The quantitative estimate of drug-likeness (QED) is 0.857. The standard InChI is InChI=1S/C12H15N3O/c1-9(2)7-12(16)14-10-3-4-11-13-5-6-15(11)8-10/h3-6,8-9H,7H2,1-2H3,(H,14,16). The molecule has 2 rings (SSSR count). The monoisotopic (exact) mass is 217 g/mol. The van der Waals surface area contributed by atoms with Crippen LogP contribution in [-0.4, -0.2) is 15.3 Å². The minimum absolute atomic E-state index is 0.0504. The van der Waals surface area contributed by atoms with Gasteiger partial charge in [0.05, 0.1) is 5.69 Å². The molecule has 4 heteroatoms. The summed E-state index contributed by atoms with van der Waals surface area (Å²) in [7, 11) is 0. The van der Waals surface area contributed by atoms with E-state index in [1.165, 1.54) is 0 Å². The summed E-state index contributed by atoms with van der Waals surface area (Å²) in [5.74, 6) is 0.423. The van der Waals surface area contributed by atoms with Gasteiger partial charge in [-0.1, -0.05) is 13.8 Å². The number of fused-ring (bicyclic) bond motifs is 1. The van der Waals surface area contributed by atoms with Gasteiger partial charge in [-0.2, -0.15) is 0 Å². The summed E-state index contributed by atoms with van der Waals surface area (Å²) < 4.78 is 1.88. The normalized spacial score (nSPS) is 10.9. The maximum atomic E-state index is 11.6. The van der Waals surface area contributed by atoms with Crippen LogP contribution in [0.2, 0.25) is 0 Å². The number of anilines is 1. The van der Waals surface area contributed by atoms with Crippen LogP contribution in [0.4, 0.5) is 5.69 Å². The highest BCUT2D eigenvalue weighted by Gasteiger charge is 2.05. The largest absolute Gasteiger partial charge is 0.325 e. The maximum Gasteiger partial charge on any atom is 0.224 e. The van der Waals surface area contributed by atoms with Gasteiger partial charge in [-0.15, -0.1) is 0 Å². The van der Waals surface area contributed by atoms with Crippen LogP contribution in [0.5, 0.6) is 0 Å². The van der Waals surface area contributed by atoms with Gasteiger partial charge in [-0.3, -0.25) is 4.79 Å². The molecular formula is C12H15N3O. The highest BCUT2D eigenvalue weighted by Crippen LogP contribution is 2.11. The molecule has 0 fully saturated rings. The lowest BCUT2D eigenvalue weighted by Gasteiger charge is -2.07. The zero-order valence-electron chi connectivity index (χ0n) is 9.47. The first-order chi connectivity index (χ1) is 7.65. The van der Waals surface area contributed by atoms with E-state index >= 15 is 0 Å². The number of hydrogen-bond acceptors (Lipinski definition) is 2. The first kappa shape index (κ1) is 10.7. The third kappa shape index (κ3) is 2.39. The molecule has 0 saturated carbocycles. The number of carbonyl (C=O) groups is 1. The number of carbonyl (C=O) groups excluding carboxylic acids is 1. The first-order valence-electron chi connectivity index (χ1n) is 5.38. The van der Waals surface area contributed by atoms with Gasteiger partial charge in [-0.25, -0.2) is 4.98 Å². The van der Waals surface area contributed by atoms with Crippen LogP contribution in [-0.2, 0) is 4.79 Å². The zero-order valence-corrected chi connectivity index (χ0v) is 9.47. The first-order valence-corrected chi connectivity index (χ1v) is 5.38. The number of amides is 1. The van der Waals surface area contributed by atoms with Crippen LogP contribution in [0.3, 0.4) is 0 Å². The smallest absolute Gasteiger partial charge is 0.224 e. The van der Waals surface area contributed by atoms with Crippen LogP contribution in [0, 0.1) is 5.92 Å². The molecule has 0 aliphatic heterocycles. The molecule has 16 heavy (non-hydrogen) atoms.